The molecule has 0 amide bonds. The predicted octanol–water partition coefficient (Wildman–Crippen LogP) is 4.09. The first-order valence-corrected chi connectivity index (χ1v) is 5.26. The lowest BCUT2D eigenvalue weighted by Gasteiger charge is -2.12. The molecule has 0 aromatic heterocycles. The van der Waals surface area contributed by atoms with Gasteiger partial charge in [-0.05, 0) is 18.1 Å². The Bertz CT molecular complexity index is 294. The summed E-state index contributed by atoms with van der Waals surface area (Å²) in [5, 5.41) is 0.723. The average molecular weight is 212 g/mol. The van der Waals surface area contributed by atoms with Gasteiger partial charge < -0.3 is 4.74 Å². The molecule has 0 heterocycles. The summed E-state index contributed by atoms with van der Waals surface area (Å²) in [5.74, 6) is 1.99. The Balaban J connectivity index is 2.89. The monoisotopic (exact) mass is 211 g/mol. The van der Waals surface area contributed by atoms with E-state index in [2.05, 4.69) is 6.92 Å². The summed E-state index contributed by atoms with van der Waals surface area (Å²) in [6, 6.07) is 5.89. The Hall–Kier alpha value is -0.690. The number of rotatable bonds is 4. The van der Waals surface area contributed by atoms with Crippen LogP contribution in [0.25, 0.3) is 0 Å². The van der Waals surface area contributed by atoms with Gasteiger partial charge in [0.15, 0.2) is 0 Å². The minimum Gasteiger partial charge on any atom is -0.492 e. The van der Waals surface area contributed by atoms with Gasteiger partial charge in [0.25, 0.3) is 0 Å². The lowest BCUT2D eigenvalue weighted by Crippen LogP contribution is -1.98. The summed E-state index contributed by atoms with van der Waals surface area (Å²) >= 11 is 6.19. The molecule has 77 valence electrons. The first kappa shape index (κ1) is 11.4. The molecule has 0 saturated heterocycles. The molecule has 1 rings (SSSR count). The molecule has 0 fully saturated rings. The summed E-state index contributed by atoms with van der Waals surface area (Å²) < 4.78 is 5.53. The van der Waals surface area contributed by atoms with Gasteiger partial charge in [-0.2, -0.15) is 0 Å². The lowest BCUT2D eigenvalue weighted by molar-refractivity contribution is 0.317. The minimum atomic E-state index is 0.714. The van der Waals surface area contributed by atoms with Crippen LogP contribution in [-0.2, 0) is 0 Å². The zero-order valence-electron chi connectivity index (χ0n) is 8.93. The van der Waals surface area contributed by atoms with Crippen LogP contribution in [0.3, 0.4) is 0 Å². The van der Waals surface area contributed by atoms with Gasteiger partial charge in [-0.15, -0.1) is 0 Å². The van der Waals surface area contributed by atoms with Crippen molar-refractivity contribution in [2.24, 2.45) is 0 Å². The molecule has 1 aromatic rings. The highest BCUT2D eigenvalue weighted by Crippen LogP contribution is 2.32. The van der Waals surface area contributed by atoms with E-state index in [1.165, 1.54) is 5.92 Å². The number of hydrogen-bond acceptors (Lipinski definition) is 1. The van der Waals surface area contributed by atoms with Crippen molar-refractivity contribution in [2.45, 2.75) is 27.2 Å². The molecule has 0 spiro atoms. The van der Waals surface area contributed by atoms with Crippen molar-refractivity contribution < 1.29 is 4.74 Å². The van der Waals surface area contributed by atoms with Crippen LogP contribution < -0.4 is 4.74 Å². The van der Waals surface area contributed by atoms with Gasteiger partial charge in [-0.1, -0.05) is 44.5 Å². The summed E-state index contributed by atoms with van der Waals surface area (Å²) in [6.07, 6.45) is 0.995. The zero-order chi connectivity index (χ0) is 10.6. The molecule has 0 aliphatic heterocycles. The second-order valence-electron chi connectivity index (χ2n) is 3.47. The summed E-state index contributed by atoms with van der Waals surface area (Å²) in [7, 11) is 0. The maximum atomic E-state index is 6.19. The molecule has 0 aliphatic rings. The van der Waals surface area contributed by atoms with Crippen LogP contribution in [0.2, 0.25) is 5.02 Å². The van der Waals surface area contributed by atoms with Crippen LogP contribution >= 0.6 is 11.6 Å². The maximum Gasteiger partial charge on any atom is 0.138 e. The third kappa shape index (κ3) is 2.65. The third-order valence-corrected chi connectivity index (χ3v) is 2.35. The SMILES string of the molecule is CCCOc1cccc([C](C)C)c1Cl. The Kier molecular flexibility index (Phi) is 4.27. The van der Waals surface area contributed by atoms with Crippen LogP contribution in [0, 0.1) is 5.92 Å². The predicted molar refractivity (Wildman–Crippen MR) is 60.9 cm³/mol. The molecule has 0 saturated carbocycles. The fraction of sp³-hybridized carbons (Fsp3) is 0.417. The molecule has 0 aliphatic carbocycles. The van der Waals surface area contributed by atoms with Crippen LogP contribution in [-0.4, -0.2) is 6.61 Å². The van der Waals surface area contributed by atoms with Gasteiger partial charge in [0, 0.05) is 5.92 Å². The number of benzene rings is 1. The number of ether oxygens (including phenoxy) is 1. The molecule has 0 bridgehead atoms. The van der Waals surface area contributed by atoms with Gasteiger partial charge in [0.05, 0.1) is 11.6 Å². The van der Waals surface area contributed by atoms with E-state index in [4.69, 9.17) is 16.3 Å². The van der Waals surface area contributed by atoms with Gasteiger partial charge in [-0.3, -0.25) is 0 Å². The van der Waals surface area contributed by atoms with Crippen molar-refractivity contribution in [3.63, 3.8) is 0 Å². The number of halogens is 1. The molecular formula is C12H16ClO. The van der Waals surface area contributed by atoms with Crippen molar-refractivity contribution in [1.82, 2.24) is 0 Å². The summed E-state index contributed by atoms with van der Waals surface area (Å²) in [5.41, 5.74) is 1.07. The molecule has 0 atom stereocenters. The van der Waals surface area contributed by atoms with Gasteiger partial charge in [0.1, 0.15) is 5.75 Å². The highest BCUT2D eigenvalue weighted by Gasteiger charge is 2.09. The molecule has 1 radical (unpaired) electrons. The molecular weight excluding hydrogens is 196 g/mol. The Labute approximate surface area is 91.0 Å². The lowest BCUT2D eigenvalue weighted by atomic mass is 10.0. The third-order valence-electron chi connectivity index (χ3n) is 1.96. The second kappa shape index (κ2) is 5.26. The minimum absolute atomic E-state index is 0.714. The van der Waals surface area contributed by atoms with E-state index < -0.39 is 0 Å². The summed E-state index contributed by atoms with van der Waals surface area (Å²) in [4.78, 5) is 0. The van der Waals surface area contributed by atoms with Crippen molar-refractivity contribution in [3.8, 4) is 5.75 Å². The Morgan fingerprint density at radius 2 is 2.07 bits per heavy atom. The first-order valence-electron chi connectivity index (χ1n) is 4.88. The van der Waals surface area contributed by atoms with Crippen LogP contribution in [0.5, 0.6) is 5.75 Å². The standard InChI is InChI=1S/C12H16ClO/c1-4-8-14-11-7-5-6-10(9(2)3)12(11)13/h5-7H,4,8H2,1-3H3. The number of hydrogen-bond donors (Lipinski definition) is 0. The highest BCUT2D eigenvalue weighted by atomic mass is 35.5. The zero-order valence-corrected chi connectivity index (χ0v) is 9.69. The van der Waals surface area contributed by atoms with Gasteiger partial charge in [0.2, 0.25) is 0 Å². The Morgan fingerprint density at radius 1 is 1.36 bits per heavy atom. The molecule has 0 N–H and O–H groups in total. The topological polar surface area (TPSA) is 9.23 Å². The van der Waals surface area contributed by atoms with E-state index in [1.807, 2.05) is 32.0 Å². The molecule has 1 nitrogen and oxygen atoms in total. The van der Waals surface area contributed by atoms with E-state index in [-0.39, 0.29) is 0 Å². The van der Waals surface area contributed by atoms with E-state index >= 15 is 0 Å². The Morgan fingerprint density at radius 3 is 2.64 bits per heavy atom. The van der Waals surface area contributed by atoms with Crippen LogP contribution in [0.4, 0.5) is 0 Å². The molecule has 0 unspecified atom stereocenters. The summed E-state index contributed by atoms with van der Waals surface area (Å²) in [6.45, 7) is 6.89. The highest BCUT2D eigenvalue weighted by molar-refractivity contribution is 6.33. The maximum absolute atomic E-state index is 6.19. The van der Waals surface area contributed by atoms with Crippen LogP contribution in [0.15, 0.2) is 18.2 Å². The van der Waals surface area contributed by atoms with Crippen molar-refractivity contribution in [3.05, 3.63) is 34.7 Å². The van der Waals surface area contributed by atoms with E-state index in [1.54, 1.807) is 0 Å². The van der Waals surface area contributed by atoms with E-state index in [9.17, 15) is 0 Å². The molecule has 14 heavy (non-hydrogen) atoms. The normalized spacial score (nSPS) is 10.6. The fourth-order valence-electron chi connectivity index (χ4n) is 1.22. The molecule has 1 aromatic carbocycles. The van der Waals surface area contributed by atoms with Crippen molar-refractivity contribution in [2.75, 3.05) is 6.61 Å². The smallest absolute Gasteiger partial charge is 0.138 e. The van der Waals surface area contributed by atoms with Crippen molar-refractivity contribution >= 4 is 11.6 Å². The van der Waals surface area contributed by atoms with Gasteiger partial charge >= 0.3 is 0 Å². The average Bonchev–Trinajstić information content (AvgIpc) is 2.16. The first-order chi connectivity index (χ1) is 6.66. The quantitative estimate of drug-likeness (QED) is 0.729. The van der Waals surface area contributed by atoms with E-state index in [0.717, 1.165) is 22.8 Å². The van der Waals surface area contributed by atoms with Crippen LogP contribution in [0.1, 0.15) is 32.8 Å². The van der Waals surface area contributed by atoms with Crippen molar-refractivity contribution in [1.29, 1.82) is 0 Å². The fourth-order valence-corrected chi connectivity index (χ4v) is 1.59. The second-order valence-corrected chi connectivity index (χ2v) is 3.84. The van der Waals surface area contributed by atoms with Gasteiger partial charge in [-0.25, -0.2) is 0 Å². The largest absolute Gasteiger partial charge is 0.492 e. The molecule has 2 heteroatoms. The van der Waals surface area contributed by atoms with E-state index in [0.29, 0.717) is 6.61 Å².